The highest BCUT2D eigenvalue weighted by molar-refractivity contribution is 5.97. The second-order valence-corrected chi connectivity index (χ2v) is 6.43. The van der Waals surface area contributed by atoms with E-state index in [1.807, 2.05) is 17.9 Å². The zero-order valence-corrected chi connectivity index (χ0v) is 13.4. The molecule has 23 heavy (non-hydrogen) atoms. The van der Waals surface area contributed by atoms with Gasteiger partial charge in [0.2, 0.25) is 0 Å². The third kappa shape index (κ3) is 2.44. The highest BCUT2D eigenvalue weighted by Gasteiger charge is 2.35. The third-order valence-electron chi connectivity index (χ3n) is 5.02. The van der Waals surface area contributed by atoms with E-state index in [4.69, 9.17) is 4.42 Å². The van der Waals surface area contributed by atoms with Gasteiger partial charge >= 0.3 is 0 Å². The van der Waals surface area contributed by atoms with Crippen molar-refractivity contribution in [2.75, 3.05) is 6.54 Å². The molecule has 5 nitrogen and oxygen atoms in total. The minimum absolute atomic E-state index is 0.0547. The van der Waals surface area contributed by atoms with Gasteiger partial charge in [0, 0.05) is 24.7 Å². The van der Waals surface area contributed by atoms with Gasteiger partial charge in [0.1, 0.15) is 17.8 Å². The largest absolute Gasteiger partial charge is 0.465 e. The molecule has 1 amide bonds. The number of aryl methyl sites for hydroxylation is 2. The second-order valence-electron chi connectivity index (χ2n) is 6.43. The van der Waals surface area contributed by atoms with Crippen LogP contribution in [0.15, 0.2) is 23.0 Å². The van der Waals surface area contributed by atoms with E-state index in [1.165, 1.54) is 0 Å². The maximum absolute atomic E-state index is 13.2. The first-order valence-corrected chi connectivity index (χ1v) is 8.43. The molecule has 120 valence electrons. The van der Waals surface area contributed by atoms with Gasteiger partial charge in [0.15, 0.2) is 0 Å². The van der Waals surface area contributed by atoms with Crippen molar-refractivity contribution in [3.8, 4) is 0 Å². The van der Waals surface area contributed by atoms with Crippen molar-refractivity contribution in [2.24, 2.45) is 0 Å². The van der Waals surface area contributed by atoms with Crippen LogP contribution in [0.3, 0.4) is 0 Å². The number of hydrogen-bond donors (Lipinski definition) is 0. The molecule has 3 heterocycles. The van der Waals surface area contributed by atoms with Gasteiger partial charge in [-0.15, -0.1) is 0 Å². The van der Waals surface area contributed by atoms with Crippen molar-refractivity contribution in [3.05, 3.63) is 46.9 Å². The number of carbonyl (C=O) groups excluding carboxylic acids is 1. The van der Waals surface area contributed by atoms with Crippen LogP contribution in [0.5, 0.6) is 0 Å². The molecule has 0 spiro atoms. The third-order valence-corrected chi connectivity index (χ3v) is 5.02. The van der Waals surface area contributed by atoms with E-state index in [-0.39, 0.29) is 11.9 Å². The molecule has 1 fully saturated rings. The zero-order valence-electron chi connectivity index (χ0n) is 13.4. The lowest BCUT2D eigenvalue weighted by Gasteiger charge is -2.25. The molecule has 0 N–H and O–H groups in total. The Bertz CT molecular complexity index is 723. The summed E-state index contributed by atoms with van der Waals surface area (Å²) in [6.45, 7) is 2.70. The average Bonchev–Trinajstić information content (AvgIpc) is 3.18. The van der Waals surface area contributed by atoms with E-state index in [1.54, 1.807) is 12.5 Å². The Morgan fingerprint density at radius 2 is 2.17 bits per heavy atom. The molecule has 2 aliphatic rings. The number of rotatable bonds is 2. The van der Waals surface area contributed by atoms with Crippen molar-refractivity contribution in [1.82, 2.24) is 14.9 Å². The van der Waals surface area contributed by atoms with Crippen LogP contribution >= 0.6 is 0 Å². The molecule has 0 unspecified atom stereocenters. The van der Waals surface area contributed by atoms with Gasteiger partial charge in [-0.2, -0.15) is 0 Å². The Balaban J connectivity index is 1.68. The van der Waals surface area contributed by atoms with E-state index in [0.29, 0.717) is 0 Å². The topological polar surface area (TPSA) is 59.2 Å². The molecule has 0 radical (unpaired) electrons. The normalized spacial score (nSPS) is 20.6. The molecule has 1 saturated heterocycles. The zero-order chi connectivity index (χ0) is 15.8. The van der Waals surface area contributed by atoms with Crippen molar-refractivity contribution >= 4 is 5.91 Å². The summed E-state index contributed by atoms with van der Waals surface area (Å²) in [5.74, 6) is 1.90. The fourth-order valence-electron chi connectivity index (χ4n) is 3.94. The van der Waals surface area contributed by atoms with E-state index < -0.39 is 0 Å². The summed E-state index contributed by atoms with van der Waals surface area (Å²) < 4.78 is 5.89. The second kappa shape index (κ2) is 5.80. The Kier molecular flexibility index (Phi) is 3.63. The van der Waals surface area contributed by atoms with Crippen LogP contribution in [0.1, 0.15) is 64.9 Å². The van der Waals surface area contributed by atoms with Gasteiger partial charge in [0.05, 0.1) is 17.3 Å². The van der Waals surface area contributed by atoms with Gasteiger partial charge in [-0.1, -0.05) is 0 Å². The number of nitrogens with zero attached hydrogens (tertiary/aromatic N) is 3. The molecule has 0 saturated carbocycles. The lowest BCUT2D eigenvalue weighted by Crippen LogP contribution is -2.32. The van der Waals surface area contributed by atoms with Crippen molar-refractivity contribution in [3.63, 3.8) is 0 Å². The standard InChI is InChI=1S/C18H21N3O2/c1-12-17(13-5-2-3-7-16(13)23-12)18(22)21-10-4-6-15(21)14-8-9-19-11-20-14/h8-9,11,15H,2-7,10H2,1H3/t15-/m1/s1. The first-order chi connectivity index (χ1) is 11.3. The summed E-state index contributed by atoms with van der Waals surface area (Å²) in [5, 5.41) is 0. The monoisotopic (exact) mass is 311 g/mol. The van der Waals surface area contributed by atoms with Crippen LogP contribution < -0.4 is 0 Å². The molecule has 4 rings (SSSR count). The summed E-state index contributed by atoms with van der Waals surface area (Å²) in [7, 11) is 0. The number of carbonyl (C=O) groups is 1. The minimum atomic E-state index is 0.0547. The van der Waals surface area contributed by atoms with Gasteiger partial charge in [0.25, 0.3) is 5.91 Å². The van der Waals surface area contributed by atoms with Crippen LogP contribution in [-0.4, -0.2) is 27.3 Å². The Hall–Kier alpha value is -2.17. The summed E-state index contributed by atoms with van der Waals surface area (Å²) in [6, 6.07) is 1.97. The average molecular weight is 311 g/mol. The van der Waals surface area contributed by atoms with Crippen molar-refractivity contribution in [1.29, 1.82) is 0 Å². The Labute approximate surface area is 135 Å². The SMILES string of the molecule is Cc1oc2c(c1C(=O)N1CCC[C@@H]1c1ccncn1)CCCC2. The molecule has 1 aliphatic carbocycles. The molecular formula is C18H21N3O2. The van der Waals surface area contributed by atoms with Gasteiger partial charge in [-0.05, 0) is 45.1 Å². The van der Waals surface area contributed by atoms with E-state index in [0.717, 1.165) is 73.4 Å². The summed E-state index contributed by atoms with van der Waals surface area (Å²) >= 11 is 0. The number of likely N-dealkylation sites (tertiary alicyclic amines) is 1. The predicted molar refractivity (Wildman–Crippen MR) is 85.1 cm³/mol. The number of amides is 1. The first kappa shape index (κ1) is 14.4. The Morgan fingerprint density at radius 3 is 3.00 bits per heavy atom. The smallest absolute Gasteiger partial charge is 0.258 e. The molecule has 0 bridgehead atoms. The van der Waals surface area contributed by atoms with Crippen LogP contribution in [0.2, 0.25) is 0 Å². The lowest BCUT2D eigenvalue weighted by atomic mass is 9.94. The maximum atomic E-state index is 13.2. The number of fused-ring (bicyclic) bond motifs is 1. The Morgan fingerprint density at radius 1 is 1.30 bits per heavy atom. The molecule has 0 aromatic carbocycles. The fourth-order valence-corrected chi connectivity index (χ4v) is 3.94. The summed E-state index contributed by atoms with van der Waals surface area (Å²) in [4.78, 5) is 23.5. The highest BCUT2D eigenvalue weighted by atomic mass is 16.3. The minimum Gasteiger partial charge on any atom is -0.465 e. The quantitative estimate of drug-likeness (QED) is 0.854. The van der Waals surface area contributed by atoms with Gasteiger partial charge in [-0.25, -0.2) is 9.97 Å². The van der Waals surface area contributed by atoms with Gasteiger partial charge < -0.3 is 9.32 Å². The molecule has 2 aromatic rings. The van der Waals surface area contributed by atoms with E-state index in [9.17, 15) is 4.79 Å². The van der Waals surface area contributed by atoms with E-state index in [2.05, 4.69) is 9.97 Å². The van der Waals surface area contributed by atoms with E-state index >= 15 is 0 Å². The van der Waals surface area contributed by atoms with Crippen LogP contribution in [-0.2, 0) is 12.8 Å². The number of aromatic nitrogens is 2. The van der Waals surface area contributed by atoms with Gasteiger partial charge in [-0.3, -0.25) is 4.79 Å². The summed E-state index contributed by atoms with van der Waals surface area (Å²) in [5.41, 5.74) is 2.88. The number of furan rings is 1. The molecule has 1 aliphatic heterocycles. The molecule has 1 atom stereocenters. The van der Waals surface area contributed by atoms with Crippen LogP contribution in [0.25, 0.3) is 0 Å². The molecule has 5 heteroatoms. The lowest BCUT2D eigenvalue weighted by molar-refractivity contribution is 0.0730. The number of hydrogen-bond acceptors (Lipinski definition) is 4. The van der Waals surface area contributed by atoms with Crippen LogP contribution in [0, 0.1) is 6.92 Å². The predicted octanol–water partition coefficient (Wildman–Crippen LogP) is 3.23. The maximum Gasteiger partial charge on any atom is 0.258 e. The molecule has 2 aromatic heterocycles. The summed E-state index contributed by atoms with van der Waals surface area (Å²) in [6.07, 6.45) is 9.48. The van der Waals surface area contributed by atoms with Crippen molar-refractivity contribution < 1.29 is 9.21 Å². The first-order valence-electron chi connectivity index (χ1n) is 8.43. The molecular weight excluding hydrogens is 290 g/mol. The fraction of sp³-hybridized carbons (Fsp3) is 0.500. The highest BCUT2D eigenvalue weighted by Crippen LogP contribution is 2.36. The van der Waals surface area contributed by atoms with Crippen LogP contribution in [0.4, 0.5) is 0 Å². The van der Waals surface area contributed by atoms with Crippen molar-refractivity contribution in [2.45, 2.75) is 51.5 Å².